The number of halogens is 7. The van der Waals surface area contributed by atoms with E-state index in [-0.39, 0.29) is 45.6 Å². The third kappa shape index (κ3) is 6.45. The Morgan fingerprint density at radius 3 is 2.51 bits per heavy atom. The zero-order valence-electron chi connectivity index (χ0n) is 26.5. The van der Waals surface area contributed by atoms with Crippen molar-refractivity contribution in [3.63, 3.8) is 0 Å². The van der Waals surface area contributed by atoms with Crippen LogP contribution in [-0.2, 0) is 15.8 Å². The second-order valence-electron chi connectivity index (χ2n) is 12.0. The van der Waals surface area contributed by atoms with Crippen LogP contribution >= 0.6 is 27.5 Å². The van der Waals surface area contributed by atoms with E-state index >= 15 is 8.78 Å². The predicted octanol–water partition coefficient (Wildman–Crippen LogP) is 6.84. The van der Waals surface area contributed by atoms with Gasteiger partial charge in [0.25, 0.3) is 5.91 Å². The highest BCUT2D eigenvalue weighted by Crippen LogP contribution is 2.47. The molecule has 0 aliphatic carbocycles. The van der Waals surface area contributed by atoms with Crippen molar-refractivity contribution in [3.8, 4) is 22.8 Å². The zero-order chi connectivity index (χ0) is 37.0. The van der Waals surface area contributed by atoms with Crippen molar-refractivity contribution >= 4 is 50.2 Å². The van der Waals surface area contributed by atoms with Gasteiger partial charge in [-0.3, -0.25) is 9.59 Å². The van der Waals surface area contributed by atoms with Gasteiger partial charge in [-0.1, -0.05) is 29.8 Å². The fourth-order valence-corrected chi connectivity index (χ4v) is 6.25. The van der Waals surface area contributed by atoms with Gasteiger partial charge in [0, 0.05) is 38.2 Å². The Balaban J connectivity index is 1.51. The first-order valence-corrected chi connectivity index (χ1v) is 16.2. The zero-order valence-corrected chi connectivity index (χ0v) is 28.8. The van der Waals surface area contributed by atoms with Crippen LogP contribution in [0.2, 0.25) is 5.02 Å². The summed E-state index contributed by atoms with van der Waals surface area (Å²) in [6.07, 6.45) is 0. The molecular weight excluding hydrogens is 767 g/mol. The SMILES string of the molecule is Cc1nc2c(OC(F)F)cc(C(=O)NC[C@](O)(c3cc4c(c(-c5cc(Cl)c(F)cc5F)n3)OC[C@]4(C)C(N)=O)c3ccccc3F)cc2cc1Br. The van der Waals surface area contributed by atoms with Gasteiger partial charge >= 0.3 is 6.61 Å². The highest BCUT2D eigenvalue weighted by atomic mass is 79.9. The van der Waals surface area contributed by atoms with Crippen molar-refractivity contribution in [1.29, 1.82) is 0 Å². The number of aromatic nitrogens is 2. The van der Waals surface area contributed by atoms with E-state index in [1.54, 1.807) is 13.0 Å². The van der Waals surface area contributed by atoms with Crippen molar-refractivity contribution < 1.29 is 46.1 Å². The van der Waals surface area contributed by atoms with Crippen LogP contribution < -0.4 is 20.5 Å². The van der Waals surface area contributed by atoms with Crippen LogP contribution in [0.3, 0.4) is 0 Å². The van der Waals surface area contributed by atoms with Crippen molar-refractivity contribution in [1.82, 2.24) is 15.3 Å². The van der Waals surface area contributed by atoms with Crippen LogP contribution in [0.5, 0.6) is 11.5 Å². The van der Waals surface area contributed by atoms with Gasteiger partial charge in [-0.2, -0.15) is 8.78 Å². The Bertz CT molecular complexity index is 2260. The smallest absolute Gasteiger partial charge is 0.387 e. The number of ether oxygens (including phenoxy) is 2. The average molecular weight is 792 g/mol. The molecule has 0 bridgehead atoms. The number of hydrogen-bond acceptors (Lipinski definition) is 7. The number of pyridine rings is 2. The number of hydrogen-bond donors (Lipinski definition) is 3. The summed E-state index contributed by atoms with van der Waals surface area (Å²) in [5.41, 5.74) is 0.472. The molecule has 4 N–H and O–H groups in total. The number of nitrogens with one attached hydrogen (secondary N) is 1. The molecule has 5 aromatic rings. The molecule has 1 aliphatic heterocycles. The van der Waals surface area contributed by atoms with Crippen LogP contribution in [0.15, 0.2) is 65.1 Å². The van der Waals surface area contributed by atoms with Gasteiger partial charge in [0.2, 0.25) is 5.91 Å². The minimum atomic E-state index is -3.25. The molecule has 16 heteroatoms. The number of nitrogens with two attached hydrogens (primary N) is 1. The number of alkyl halides is 2. The fourth-order valence-electron chi connectivity index (χ4n) is 5.75. The van der Waals surface area contributed by atoms with Crippen LogP contribution in [0.25, 0.3) is 22.2 Å². The molecule has 0 spiro atoms. The van der Waals surface area contributed by atoms with E-state index < -0.39 is 75.5 Å². The number of fused-ring (bicyclic) bond motifs is 2. The summed E-state index contributed by atoms with van der Waals surface area (Å²) in [6.45, 7) is -1.32. The lowest BCUT2D eigenvalue weighted by atomic mass is 9.80. The molecule has 1 aliphatic rings. The van der Waals surface area contributed by atoms with Crippen molar-refractivity contribution in [2.45, 2.75) is 31.5 Å². The lowest BCUT2D eigenvalue weighted by molar-refractivity contribution is -0.123. The summed E-state index contributed by atoms with van der Waals surface area (Å²) >= 11 is 9.31. The van der Waals surface area contributed by atoms with Gasteiger partial charge in [0.1, 0.15) is 46.4 Å². The Kier molecular flexibility index (Phi) is 9.42. The van der Waals surface area contributed by atoms with Gasteiger partial charge < -0.3 is 25.6 Å². The number of primary amides is 1. The number of rotatable bonds is 9. The second kappa shape index (κ2) is 13.4. The fraction of sp³-hybridized carbons (Fsp3) is 0.200. The number of carbonyl (C=O) groups excluding carboxylic acids is 2. The van der Waals surface area contributed by atoms with E-state index in [4.69, 9.17) is 22.1 Å². The summed E-state index contributed by atoms with van der Waals surface area (Å²) in [4.78, 5) is 35.1. The standard InChI is InChI=1S/C35H25BrClF5N4O5/c1-15-21(36)8-16-7-17(9-26(28(16)45-15)51-33(41)42)31(47)44-13-35(49,19-5-3-4-6-23(19)38)27-11-20-30(50-14-34(20,2)32(43)48)29(46-27)18-10-22(37)25(40)12-24(18)39/h3-12,33,49H,13-14H2,1-2H3,(H2,43,48)(H,44,47)/t34-,35+/m0/s1. The van der Waals surface area contributed by atoms with E-state index in [2.05, 4.69) is 36.0 Å². The molecule has 0 saturated heterocycles. The summed E-state index contributed by atoms with van der Waals surface area (Å²) in [5.74, 6) is -5.44. The largest absolute Gasteiger partial charge is 0.489 e. The molecule has 51 heavy (non-hydrogen) atoms. The molecule has 2 atom stereocenters. The van der Waals surface area contributed by atoms with Gasteiger partial charge in [0.05, 0.1) is 23.0 Å². The minimum Gasteiger partial charge on any atom is -0.489 e. The first kappa shape index (κ1) is 35.9. The summed E-state index contributed by atoms with van der Waals surface area (Å²) in [6, 6.07) is 11.6. The molecule has 0 fully saturated rings. The molecule has 2 aromatic heterocycles. The number of aryl methyl sites for hydroxylation is 1. The van der Waals surface area contributed by atoms with Gasteiger partial charge in [-0.05, 0) is 66.2 Å². The van der Waals surface area contributed by atoms with E-state index in [9.17, 15) is 27.9 Å². The third-order valence-corrected chi connectivity index (χ3v) is 9.71. The monoisotopic (exact) mass is 790 g/mol. The lowest BCUT2D eigenvalue weighted by Crippen LogP contribution is -2.44. The highest BCUT2D eigenvalue weighted by Gasteiger charge is 2.46. The molecule has 2 amide bonds. The molecule has 6 rings (SSSR count). The summed E-state index contributed by atoms with van der Waals surface area (Å²) < 4.78 is 82.8. The maximum absolute atomic E-state index is 15.6. The molecule has 0 radical (unpaired) electrons. The summed E-state index contributed by atoms with van der Waals surface area (Å²) in [7, 11) is 0. The summed E-state index contributed by atoms with van der Waals surface area (Å²) in [5, 5.41) is 14.7. The maximum atomic E-state index is 15.6. The predicted molar refractivity (Wildman–Crippen MR) is 179 cm³/mol. The maximum Gasteiger partial charge on any atom is 0.387 e. The van der Waals surface area contributed by atoms with Gasteiger partial charge in [-0.15, -0.1) is 0 Å². The van der Waals surface area contributed by atoms with Crippen LogP contribution in [-0.4, -0.2) is 46.7 Å². The Hall–Kier alpha value is -4.86. The Morgan fingerprint density at radius 1 is 1.10 bits per heavy atom. The Morgan fingerprint density at radius 2 is 1.82 bits per heavy atom. The topological polar surface area (TPSA) is 137 Å². The number of carbonyl (C=O) groups is 2. The quantitative estimate of drug-likeness (QED) is 0.110. The van der Waals surface area contributed by atoms with Crippen LogP contribution in [0, 0.1) is 24.4 Å². The average Bonchev–Trinajstić information content (AvgIpc) is 3.43. The first-order chi connectivity index (χ1) is 24.0. The van der Waals surface area contributed by atoms with Crippen molar-refractivity contribution in [3.05, 3.63) is 116 Å². The lowest BCUT2D eigenvalue weighted by Gasteiger charge is -2.30. The van der Waals surface area contributed by atoms with Crippen molar-refractivity contribution in [2.75, 3.05) is 13.2 Å². The second-order valence-corrected chi connectivity index (χ2v) is 13.2. The van der Waals surface area contributed by atoms with Crippen molar-refractivity contribution in [2.24, 2.45) is 5.73 Å². The van der Waals surface area contributed by atoms with Crippen LogP contribution in [0.4, 0.5) is 22.0 Å². The van der Waals surface area contributed by atoms with E-state index in [1.165, 1.54) is 37.3 Å². The molecule has 0 saturated carbocycles. The molecule has 3 heterocycles. The number of nitrogens with zero attached hydrogens (tertiary/aromatic N) is 2. The van der Waals surface area contributed by atoms with Crippen LogP contribution in [0.1, 0.15) is 39.8 Å². The Labute approximate surface area is 299 Å². The third-order valence-electron chi connectivity index (χ3n) is 8.62. The molecular formula is C35H25BrClF5N4O5. The normalized spacial score (nSPS) is 16.5. The number of benzene rings is 3. The first-order valence-electron chi connectivity index (χ1n) is 15.0. The molecule has 264 valence electrons. The number of aliphatic hydroxyl groups is 1. The van der Waals surface area contributed by atoms with E-state index in [0.717, 1.165) is 18.2 Å². The van der Waals surface area contributed by atoms with E-state index in [1.807, 2.05) is 0 Å². The van der Waals surface area contributed by atoms with E-state index in [0.29, 0.717) is 16.2 Å². The highest BCUT2D eigenvalue weighted by molar-refractivity contribution is 9.10. The molecule has 3 aromatic carbocycles. The molecule has 9 nitrogen and oxygen atoms in total. The molecule has 0 unspecified atom stereocenters. The van der Waals surface area contributed by atoms with Gasteiger partial charge in [-0.25, -0.2) is 23.1 Å². The minimum absolute atomic E-state index is 0.0348. The number of amides is 2. The van der Waals surface area contributed by atoms with Gasteiger partial charge in [0.15, 0.2) is 11.4 Å².